The van der Waals surface area contributed by atoms with Crippen LogP contribution >= 0.6 is 27.7 Å². The Morgan fingerprint density at radius 1 is 1.29 bits per heavy atom. The van der Waals surface area contributed by atoms with Crippen molar-refractivity contribution >= 4 is 27.7 Å². The van der Waals surface area contributed by atoms with E-state index in [1.807, 2.05) is 18.2 Å². The molecule has 114 valence electrons. The standard InChI is InChI=1S/C15H20BrN3OS/c1-3-15(4-2,10-17)14-18-13(19-20-14)9-21-12-8-6-5-7-11(12)16/h5-8H,3-4,9-10,17H2,1-2H3. The second-order valence-corrected chi connectivity index (χ2v) is 6.80. The van der Waals surface area contributed by atoms with Crippen molar-refractivity contribution in [2.75, 3.05) is 6.54 Å². The average Bonchev–Trinajstić information content (AvgIpc) is 2.98. The molecular weight excluding hydrogens is 350 g/mol. The minimum Gasteiger partial charge on any atom is -0.339 e. The molecule has 0 aliphatic rings. The van der Waals surface area contributed by atoms with E-state index in [4.69, 9.17) is 10.3 Å². The fraction of sp³-hybridized carbons (Fsp3) is 0.467. The van der Waals surface area contributed by atoms with Gasteiger partial charge in [-0.05, 0) is 40.9 Å². The van der Waals surface area contributed by atoms with Crippen LogP contribution < -0.4 is 5.73 Å². The number of aromatic nitrogens is 2. The first-order chi connectivity index (χ1) is 10.1. The van der Waals surface area contributed by atoms with E-state index >= 15 is 0 Å². The van der Waals surface area contributed by atoms with Gasteiger partial charge < -0.3 is 10.3 Å². The molecule has 4 nitrogen and oxygen atoms in total. The number of nitrogens with zero attached hydrogens (tertiary/aromatic N) is 2. The van der Waals surface area contributed by atoms with Crippen molar-refractivity contribution in [3.8, 4) is 0 Å². The lowest BCUT2D eigenvalue weighted by Gasteiger charge is -2.24. The predicted octanol–water partition coefficient (Wildman–Crippen LogP) is 4.14. The van der Waals surface area contributed by atoms with Gasteiger partial charge in [-0.1, -0.05) is 31.1 Å². The molecule has 2 rings (SSSR count). The van der Waals surface area contributed by atoms with Crippen molar-refractivity contribution < 1.29 is 4.52 Å². The van der Waals surface area contributed by atoms with Gasteiger partial charge in [-0.15, -0.1) is 11.8 Å². The molecule has 2 N–H and O–H groups in total. The molecule has 0 fully saturated rings. The van der Waals surface area contributed by atoms with Gasteiger partial charge in [0, 0.05) is 15.9 Å². The number of hydrogen-bond donors (Lipinski definition) is 1. The van der Waals surface area contributed by atoms with Crippen LogP contribution in [0.25, 0.3) is 0 Å². The van der Waals surface area contributed by atoms with E-state index in [9.17, 15) is 0 Å². The summed E-state index contributed by atoms with van der Waals surface area (Å²) in [4.78, 5) is 5.71. The Labute approximate surface area is 138 Å². The molecule has 0 bridgehead atoms. The molecule has 21 heavy (non-hydrogen) atoms. The molecule has 0 saturated carbocycles. The quantitative estimate of drug-likeness (QED) is 0.742. The van der Waals surface area contributed by atoms with Gasteiger partial charge in [-0.2, -0.15) is 4.98 Å². The molecular formula is C15H20BrN3OS. The molecule has 0 radical (unpaired) electrons. The van der Waals surface area contributed by atoms with E-state index in [1.165, 1.54) is 4.90 Å². The molecule has 0 atom stereocenters. The lowest BCUT2D eigenvalue weighted by molar-refractivity contribution is 0.266. The largest absolute Gasteiger partial charge is 0.339 e. The van der Waals surface area contributed by atoms with Crippen LogP contribution in [0, 0.1) is 0 Å². The van der Waals surface area contributed by atoms with Crippen LogP contribution in [0.1, 0.15) is 38.4 Å². The van der Waals surface area contributed by atoms with E-state index in [-0.39, 0.29) is 5.41 Å². The number of benzene rings is 1. The van der Waals surface area contributed by atoms with Crippen LogP contribution in [0.3, 0.4) is 0 Å². The molecule has 0 aliphatic carbocycles. The fourth-order valence-corrected chi connectivity index (χ4v) is 3.57. The minimum atomic E-state index is -0.191. The highest BCUT2D eigenvalue weighted by atomic mass is 79.9. The summed E-state index contributed by atoms with van der Waals surface area (Å²) in [6.45, 7) is 4.74. The first-order valence-corrected chi connectivity index (χ1v) is 8.83. The van der Waals surface area contributed by atoms with Crippen molar-refractivity contribution in [1.29, 1.82) is 0 Å². The Hall–Kier alpha value is -0.850. The summed E-state index contributed by atoms with van der Waals surface area (Å²) >= 11 is 5.22. The third-order valence-corrected chi connectivity index (χ3v) is 5.88. The Balaban J connectivity index is 2.08. The second-order valence-electron chi connectivity index (χ2n) is 4.93. The normalized spacial score (nSPS) is 11.8. The van der Waals surface area contributed by atoms with Crippen molar-refractivity contribution in [2.24, 2.45) is 5.73 Å². The first kappa shape index (κ1) is 16.5. The summed E-state index contributed by atoms with van der Waals surface area (Å²) in [5, 5.41) is 4.09. The first-order valence-electron chi connectivity index (χ1n) is 7.05. The Bertz CT molecular complexity index is 576. The van der Waals surface area contributed by atoms with E-state index in [2.05, 4.69) is 46.0 Å². The molecule has 0 amide bonds. The molecule has 0 spiro atoms. The molecule has 1 aromatic carbocycles. The summed E-state index contributed by atoms with van der Waals surface area (Å²) in [6, 6.07) is 8.11. The summed E-state index contributed by atoms with van der Waals surface area (Å²) in [5.41, 5.74) is 5.72. The van der Waals surface area contributed by atoms with Crippen LogP contribution in [-0.4, -0.2) is 16.7 Å². The van der Waals surface area contributed by atoms with Gasteiger partial charge in [-0.3, -0.25) is 0 Å². The lowest BCUT2D eigenvalue weighted by Crippen LogP contribution is -2.34. The van der Waals surface area contributed by atoms with Crippen molar-refractivity contribution in [2.45, 2.75) is 42.8 Å². The van der Waals surface area contributed by atoms with E-state index < -0.39 is 0 Å². The third-order valence-electron chi connectivity index (χ3n) is 3.86. The van der Waals surface area contributed by atoms with Crippen LogP contribution in [0.4, 0.5) is 0 Å². The van der Waals surface area contributed by atoms with Gasteiger partial charge in [0.25, 0.3) is 0 Å². The summed E-state index contributed by atoms with van der Waals surface area (Å²) in [6.07, 6.45) is 1.80. The Morgan fingerprint density at radius 2 is 2.00 bits per heavy atom. The van der Waals surface area contributed by atoms with Crippen molar-refractivity contribution in [3.63, 3.8) is 0 Å². The van der Waals surface area contributed by atoms with Gasteiger partial charge in [0.2, 0.25) is 5.89 Å². The molecule has 6 heteroatoms. The number of thioether (sulfide) groups is 1. The number of nitrogens with two attached hydrogens (primary N) is 1. The van der Waals surface area contributed by atoms with Crippen LogP contribution in [0.2, 0.25) is 0 Å². The maximum Gasteiger partial charge on any atom is 0.234 e. The maximum absolute atomic E-state index is 5.92. The summed E-state index contributed by atoms with van der Waals surface area (Å²) in [7, 11) is 0. The SMILES string of the molecule is CCC(CC)(CN)c1nc(CSc2ccccc2Br)no1. The molecule has 0 aliphatic heterocycles. The average molecular weight is 370 g/mol. The molecule has 0 unspecified atom stereocenters. The van der Waals surface area contributed by atoms with Crippen LogP contribution in [-0.2, 0) is 11.2 Å². The Morgan fingerprint density at radius 3 is 2.62 bits per heavy atom. The van der Waals surface area contributed by atoms with Gasteiger partial charge in [0.15, 0.2) is 5.82 Å². The zero-order valence-electron chi connectivity index (χ0n) is 12.3. The monoisotopic (exact) mass is 369 g/mol. The lowest BCUT2D eigenvalue weighted by atomic mass is 9.82. The zero-order valence-corrected chi connectivity index (χ0v) is 14.7. The van der Waals surface area contributed by atoms with Crippen molar-refractivity contribution in [3.05, 3.63) is 40.5 Å². The second kappa shape index (κ2) is 7.42. The minimum absolute atomic E-state index is 0.191. The van der Waals surface area contributed by atoms with Gasteiger partial charge >= 0.3 is 0 Å². The smallest absolute Gasteiger partial charge is 0.234 e. The molecule has 2 aromatic rings. The molecule has 0 saturated heterocycles. The van der Waals surface area contributed by atoms with E-state index in [0.29, 0.717) is 24.0 Å². The third kappa shape index (κ3) is 3.67. The highest BCUT2D eigenvalue weighted by Gasteiger charge is 2.33. The van der Waals surface area contributed by atoms with Gasteiger partial charge in [0.05, 0.1) is 11.2 Å². The van der Waals surface area contributed by atoms with Crippen LogP contribution in [0.15, 0.2) is 38.2 Å². The maximum atomic E-state index is 5.92. The number of hydrogen-bond acceptors (Lipinski definition) is 5. The number of rotatable bonds is 7. The highest BCUT2D eigenvalue weighted by Crippen LogP contribution is 2.32. The molecule has 1 aromatic heterocycles. The van der Waals surface area contributed by atoms with Crippen LogP contribution in [0.5, 0.6) is 0 Å². The van der Waals surface area contributed by atoms with Gasteiger partial charge in [0.1, 0.15) is 0 Å². The van der Waals surface area contributed by atoms with E-state index in [1.54, 1.807) is 11.8 Å². The topological polar surface area (TPSA) is 64.9 Å². The zero-order chi connectivity index (χ0) is 15.3. The van der Waals surface area contributed by atoms with E-state index in [0.717, 1.165) is 17.3 Å². The van der Waals surface area contributed by atoms with Crippen molar-refractivity contribution in [1.82, 2.24) is 10.1 Å². The fourth-order valence-electron chi connectivity index (χ4n) is 2.16. The number of halogens is 1. The summed E-state index contributed by atoms with van der Waals surface area (Å²) in [5.74, 6) is 2.06. The highest BCUT2D eigenvalue weighted by molar-refractivity contribution is 9.10. The Kier molecular flexibility index (Phi) is 5.84. The molecule has 1 heterocycles. The van der Waals surface area contributed by atoms with Gasteiger partial charge in [-0.25, -0.2) is 0 Å². The predicted molar refractivity (Wildman–Crippen MR) is 89.3 cm³/mol. The summed E-state index contributed by atoms with van der Waals surface area (Å²) < 4.78 is 6.54.